The Balaban J connectivity index is 4.12. The Hall–Kier alpha value is -0.980. The second kappa shape index (κ2) is 4.86. The lowest BCUT2D eigenvalue weighted by atomic mass is 10.2. The van der Waals surface area contributed by atoms with Gasteiger partial charge in [-0.2, -0.15) is 0 Å². The second-order valence-electron chi connectivity index (χ2n) is 2.11. The van der Waals surface area contributed by atoms with Crippen LogP contribution in [0.1, 0.15) is 20.3 Å². The van der Waals surface area contributed by atoms with Crippen molar-refractivity contribution in [1.82, 2.24) is 0 Å². The lowest BCUT2D eigenvalue weighted by Gasteiger charge is -1.91. The molecule has 0 fully saturated rings. The van der Waals surface area contributed by atoms with E-state index in [9.17, 15) is 0 Å². The fourth-order valence-electron chi connectivity index (χ4n) is 0.558. The zero-order chi connectivity index (χ0) is 7.98. The summed E-state index contributed by atoms with van der Waals surface area (Å²) in [7, 11) is 0. The van der Waals surface area contributed by atoms with Crippen molar-refractivity contribution in [3.63, 3.8) is 0 Å². The number of hydrogen-bond acceptors (Lipinski definition) is 1. The van der Waals surface area contributed by atoms with Crippen molar-refractivity contribution >= 4 is 0 Å². The predicted molar refractivity (Wildman–Crippen MR) is 45.0 cm³/mol. The minimum absolute atomic E-state index is 0.327. The molecule has 0 atom stereocenters. The highest BCUT2D eigenvalue weighted by Gasteiger charge is 1.82. The van der Waals surface area contributed by atoms with Crippen molar-refractivity contribution in [2.75, 3.05) is 0 Å². The number of hydrogen-bond donors (Lipinski definition) is 1. The van der Waals surface area contributed by atoms with E-state index in [-0.39, 0.29) is 0 Å². The first-order valence-electron chi connectivity index (χ1n) is 3.39. The molecule has 0 spiro atoms. The van der Waals surface area contributed by atoms with Crippen LogP contribution in [-0.4, -0.2) is 5.11 Å². The Kier molecular flexibility index (Phi) is 4.38. The molecule has 56 valence electrons. The highest BCUT2D eigenvalue weighted by molar-refractivity contribution is 5.22. The van der Waals surface area contributed by atoms with Crippen LogP contribution >= 0.6 is 0 Å². The van der Waals surface area contributed by atoms with Gasteiger partial charge in [-0.3, -0.25) is 0 Å². The lowest BCUT2D eigenvalue weighted by Crippen LogP contribution is -1.72. The predicted octanol–water partition coefficient (Wildman–Crippen LogP) is 2.97. The van der Waals surface area contributed by atoms with Crippen LogP contribution in [0.5, 0.6) is 0 Å². The number of aliphatic hydroxyl groups excluding tert-OH is 1. The highest BCUT2D eigenvalue weighted by Crippen LogP contribution is 2.01. The molecule has 1 heteroatoms. The molecular formula is C9H14O. The Labute approximate surface area is 62.4 Å². The minimum Gasteiger partial charge on any atom is -0.513 e. The highest BCUT2D eigenvalue weighted by atomic mass is 16.3. The summed E-state index contributed by atoms with van der Waals surface area (Å²) in [6, 6.07) is 0. The van der Waals surface area contributed by atoms with Crippen LogP contribution in [0.2, 0.25) is 0 Å². The van der Waals surface area contributed by atoms with Crippen LogP contribution in [0.25, 0.3) is 0 Å². The summed E-state index contributed by atoms with van der Waals surface area (Å²) in [5, 5.41) is 8.77. The first kappa shape index (κ1) is 9.02. The van der Waals surface area contributed by atoms with Gasteiger partial charge in [0.1, 0.15) is 0 Å². The van der Waals surface area contributed by atoms with E-state index in [1.165, 1.54) is 0 Å². The van der Waals surface area contributed by atoms with E-state index >= 15 is 0 Å². The lowest BCUT2D eigenvalue weighted by molar-refractivity contribution is 0.414. The van der Waals surface area contributed by atoms with Gasteiger partial charge in [-0.1, -0.05) is 25.7 Å². The van der Waals surface area contributed by atoms with E-state index in [2.05, 4.69) is 6.58 Å². The fraction of sp³-hybridized carbons (Fsp3) is 0.333. The molecule has 0 aliphatic heterocycles. The third-order valence-electron chi connectivity index (χ3n) is 1.21. The summed E-state index contributed by atoms with van der Waals surface area (Å²) >= 11 is 0. The SMILES string of the molecule is C=C/C(=C/C=C(\C)O)CC. The Bertz CT molecular complexity index is 160. The maximum Gasteiger partial charge on any atom is 0.0891 e. The summed E-state index contributed by atoms with van der Waals surface area (Å²) in [5.41, 5.74) is 1.13. The normalized spacial score (nSPS) is 13.4. The Morgan fingerprint density at radius 3 is 2.40 bits per heavy atom. The van der Waals surface area contributed by atoms with Gasteiger partial charge in [0.15, 0.2) is 0 Å². The molecule has 1 N–H and O–H groups in total. The average Bonchev–Trinajstić information content (AvgIpc) is 1.90. The zero-order valence-electron chi connectivity index (χ0n) is 6.59. The maximum atomic E-state index is 8.77. The monoisotopic (exact) mass is 138 g/mol. The molecule has 0 bridgehead atoms. The number of aliphatic hydroxyl groups is 1. The second-order valence-corrected chi connectivity index (χ2v) is 2.11. The van der Waals surface area contributed by atoms with Crippen LogP contribution in [0.15, 0.2) is 36.1 Å². The summed E-state index contributed by atoms with van der Waals surface area (Å²) in [5.74, 6) is 0.327. The average molecular weight is 138 g/mol. The molecule has 1 nitrogen and oxygen atoms in total. The smallest absolute Gasteiger partial charge is 0.0891 e. The molecule has 0 rings (SSSR count). The van der Waals surface area contributed by atoms with Crippen LogP contribution in [-0.2, 0) is 0 Å². The van der Waals surface area contributed by atoms with Gasteiger partial charge in [-0.05, 0) is 25.0 Å². The molecule has 0 heterocycles. The van der Waals surface area contributed by atoms with Crippen molar-refractivity contribution in [3.05, 3.63) is 36.1 Å². The standard InChI is InChI=1S/C9H14O/c1-4-9(5-2)7-6-8(3)10/h4,6-7,10H,1,5H2,2-3H3/b8-6+,9-7-. The van der Waals surface area contributed by atoms with E-state index in [0.29, 0.717) is 5.76 Å². The molecule has 0 aromatic heterocycles. The Morgan fingerprint density at radius 2 is 2.10 bits per heavy atom. The van der Waals surface area contributed by atoms with Gasteiger partial charge < -0.3 is 5.11 Å². The van der Waals surface area contributed by atoms with Gasteiger partial charge in [0.05, 0.1) is 5.76 Å². The van der Waals surface area contributed by atoms with Crippen LogP contribution in [0.4, 0.5) is 0 Å². The fourth-order valence-corrected chi connectivity index (χ4v) is 0.558. The van der Waals surface area contributed by atoms with Crippen LogP contribution < -0.4 is 0 Å². The first-order valence-corrected chi connectivity index (χ1v) is 3.39. The molecule has 0 saturated heterocycles. The maximum absolute atomic E-state index is 8.77. The van der Waals surface area contributed by atoms with Crippen LogP contribution in [0, 0.1) is 0 Å². The minimum atomic E-state index is 0.327. The van der Waals surface area contributed by atoms with E-state index < -0.39 is 0 Å². The molecule has 0 aromatic carbocycles. The zero-order valence-corrected chi connectivity index (χ0v) is 6.59. The summed E-state index contributed by atoms with van der Waals surface area (Å²) in [4.78, 5) is 0. The van der Waals surface area contributed by atoms with Gasteiger partial charge in [0, 0.05) is 0 Å². The first-order chi connectivity index (χ1) is 4.70. The summed E-state index contributed by atoms with van der Waals surface area (Å²) in [6.45, 7) is 7.33. The summed E-state index contributed by atoms with van der Waals surface area (Å²) < 4.78 is 0. The van der Waals surface area contributed by atoms with Crippen molar-refractivity contribution < 1.29 is 5.11 Å². The van der Waals surface area contributed by atoms with Gasteiger partial charge in [0.25, 0.3) is 0 Å². The van der Waals surface area contributed by atoms with Crippen LogP contribution in [0.3, 0.4) is 0 Å². The van der Waals surface area contributed by atoms with Crippen molar-refractivity contribution in [3.8, 4) is 0 Å². The molecule has 0 unspecified atom stereocenters. The molecule has 10 heavy (non-hydrogen) atoms. The van der Waals surface area contributed by atoms with E-state index in [4.69, 9.17) is 5.11 Å². The van der Waals surface area contributed by atoms with Gasteiger partial charge >= 0.3 is 0 Å². The van der Waals surface area contributed by atoms with Gasteiger partial charge in [-0.25, -0.2) is 0 Å². The Morgan fingerprint density at radius 1 is 1.50 bits per heavy atom. The third-order valence-corrected chi connectivity index (χ3v) is 1.21. The van der Waals surface area contributed by atoms with Gasteiger partial charge in [-0.15, -0.1) is 0 Å². The van der Waals surface area contributed by atoms with E-state index in [1.54, 1.807) is 19.1 Å². The number of rotatable bonds is 3. The van der Waals surface area contributed by atoms with E-state index in [1.807, 2.05) is 13.0 Å². The van der Waals surface area contributed by atoms with E-state index in [0.717, 1.165) is 12.0 Å². The topological polar surface area (TPSA) is 20.2 Å². The van der Waals surface area contributed by atoms with Crippen molar-refractivity contribution in [2.24, 2.45) is 0 Å². The van der Waals surface area contributed by atoms with Crippen molar-refractivity contribution in [1.29, 1.82) is 0 Å². The molecule has 0 saturated carbocycles. The molecular weight excluding hydrogens is 124 g/mol. The molecule has 0 aromatic rings. The molecule has 0 aliphatic rings. The third kappa shape index (κ3) is 3.96. The molecule has 0 aliphatic carbocycles. The van der Waals surface area contributed by atoms with Gasteiger partial charge in [0.2, 0.25) is 0 Å². The largest absolute Gasteiger partial charge is 0.513 e. The number of allylic oxidation sites excluding steroid dienone is 5. The summed E-state index contributed by atoms with van der Waals surface area (Å²) in [6.07, 6.45) is 6.27. The van der Waals surface area contributed by atoms with Crippen molar-refractivity contribution in [2.45, 2.75) is 20.3 Å². The molecule has 0 radical (unpaired) electrons. The quantitative estimate of drug-likeness (QED) is 0.469. The molecule has 0 amide bonds.